The van der Waals surface area contributed by atoms with Crippen LogP contribution in [0.15, 0.2) is 12.4 Å². The minimum atomic E-state index is -0.346. The molecule has 0 spiro atoms. The first-order valence-corrected chi connectivity index (χ1v) is 4.69. The highest BCUT2D eigenvalue weighted by Gasteiger charge is 1.99. The number of rotatable bonds is 6. The molecule has 0 saturated heterocycles. The molecule has 1 heterocycles. The molecule has 0 aliphatic rings. The van der Waals surface area contributed by atoms with Crippen LogP contribution >= 0.6 is 0 Å². The van der Waals surface area contributed by atoms with Gasteiger partial charge in [-0.05, 0) is 6.92 Å². The van der Waals surface area contributed by atoms with Gasteiger partial charge in [-0.15, -0.1) is 0 Å². The Morgan fingerprint density at radius 3 is 3.07 bits per heavy atom. The molecule has 0 aromatic carbocycles. The van der Waals surface area contributed by atoms with Gasteiger partial charge in [-0.2, -0.15) is 0 Å². The van der Waals surface area contributed by atoms with Crippen LogP contribution in [0.1, 0.15) is 13.3 Å². The molecule has 1 aromatic heterocycles. The molecule has 0 bridgehead atoms. The highest BCUT2D eigenvalue weighted by Crippen LogP contribution is 2.10. The summed E-state index contributed by atoms with van der Waals surface area (Å²) in [6.45, 7) is 2.89. The zero-order valence-corrected chi connectivity index (χ0v) is 8.56. The van der Waals surface area contributed by atoms with Crippen molar-refractivity contribution in [2.45, 2.75) is 13.3 Å². The number of nitrogens with two attached hydrogens (primary N) is 1. The van der Waals surface area contributed by atoms with E-state index in [0.717, 1.165) is 0 Å². The highest BCUT2D eigenvalue weighted by molar-refractivity contribution is 5.74. The molecule has 0 saturated carbocycles. The summed E-state index contributed by atoms with van der Waals surface area (Å²) in [4.78, 5) is 18.4. The quantitative estimate of drug-likeness (QED) is 0.698. The second-order valence-electron chi connectivity index (χ2n) is 2.82. The lowest BCUT2D eigenvalue weighted by atomic mass is 10.4. The fraction of sp³-hybridized carbons (Fsp3) is 0.444. The van der Waals surface area contributed by atoms with Crippen molar-refractivity contribution in [3.63, 3.8) is 0 Å². The number of aromatic nitrogens is 2. The zero-order chi connectivity index (χ0) is 11.1. The first-order chi connectivity index (χ1) is 7.22. The average Bonchev–Trinajstić information content (AvgIpc) is 2.18. The first-order valence-electron chi connectivity index (χ1n) is 4.69. The maximum absolute atomic E-state index is 10.5. The normalized spacial score (nSPS) is 9.67. The number of carbonyl (C=O) groups excluding carboxylic acids is 1. The topological polar surface area (TPSA) is 90.1 Å². The van der Waals surface area contributed by atoms with Gasteiger partial charge in [0, 0.05) is 19.0 Å². The number of nitrogens with zero attached hydrogens (tertiary/aromatic N) is 2. The van der Waals surface area contributed by atoms with Crippen LogP contribution in [-0.2, 0) is 4.79 Å². The molecule has 6 heteroatoms. The minimum absolute atomic E-state index is 0.272. The Bertz CT molecular complexity index is 330. The second-order valence-corrected chi connectivity index (χ2v) is 2.82. The number of primary amides is 1. The van der Waals surface area contributed by atoms with E-state index in [1.54, 1.807) is 6.07 Å². The van der Waals surface area contributed by atoms with Gasteiger partial charge in [-0.25, -0.2) is 9.97 Å². The van der Waals surface area contributed by atoms with Crippen molar-refractivity contribution in [2.75, 3.05) is 18.5 Å². The van der Waals surface area contributed by atoms with Crippen molar-refractivity contribution in [3.8, 4) is 5.88 Å². The van der Waals surface area contributed by atoms with Crippen LogP contribution in [0, 0.1) is 0 Å². The molecule has 0 unspecified atom stereocenters. The van der Waals surface area contributed by atoms with E-state index < -0.39 is 0 Å². The summed E-state index contributed by atoms with van der Waals surface area (Å²) in [6.07, 6.45) is 1.67. The van der Waals surface area contributed by atoms with Gasteiger partial charge in [0.05, 0.1) is 6.61 Å². The largest absolute Gasteiger partial charge is 0.478 e. The summed E-state index contributed by atoms with van der Waals surface area (Å²) in [7, 11) is 0. The molecule has 1 aromatic rings. The molecule has 0 fully saturated rings. The maximum atomic E-state index is 10.5. The number of carbonyl (C=O) groups is 1. The van der Waals surface area contributed by atoms with Crippen LogP contribution in [-0.4, -0.2) is 29.0 Å². The van der Waals surface area contributed by atoms with Crippen molar-refractivity contribution < 1.29 is 9.53 Å². The number of anilines is 1. The summed E-state index contributed by atoms with van der Waals surface area (Å²) in [5.41, 5.74) is 5.00. The first kappa shape index (κ1) is 11.2. The molecule has 6 nitrogen and oxygen atoms in total. The van der Waals surface area contributed by atoms with E-state index in [1.807, 2.05) is 6.92 Å². The van der Waals surface area contributed by atoms with Crippen molar-refractivity contribution in [3.05, 3.63) is 12.4 Å². The van der Waals surface area contributed by atoms with Gasteiger partial charge in [0.15, 0.2) is 0 Å². The number of amides is 1. The van der Waals surface area contributed by atoms with Gasteiger partial charge in [-0.3, -0.25) is 4.79 Å². The zero-order valence-electron chi connectivity index (χ0n) is 8.56. The lowest BCUT2D eigenvalue weighted by Gasteiger charge is -2.05. The van der Waals surface area contributed by atoms with E-state index in [2.05, 4.69) is 15.3 Å². The van der Waals surface area contributed by atoms with Crippen LogP contribution in [0.25, 0.3) is 0 Å². The van der Waals surface area contributed by atoms with Crippen LogP contribution in [0.3, 0.4) is 0 Å². The van der Waals surface area contributed by atoms with Crippen molar-refractivity contribution in [2.24, 2.45) is 5.73 Å². The van der Waals surface area contributed by atoms with Crippen LogP contribution in [0.2, 0.25) is 0 Å². The smallest absolute Gasteiger partial charge is 0.219 e. The molecule has 0 aliphatic carbocycles. The number of hydrogen-bond donors (Lipinski definition) is 2. The third-order valence-electron chi connectivity index (χ3n) is 1.61. The Balaban J connectivity index is 2.46. The maximum Gasteiger partial charge on any atom is 0.219 e. The van der Waals surface area contributed by atoms with Gasteiger partial charge >= 0.3 is 0 Å². The van der Waals surface area contributed by atoms with Crippen molar-refractivity contribution >= 4 is 11.7 Å². The van der Waals surface area contributed by atoms with E-state index in [1.165, 1.54) is 6.33 Å². The molecule has 0 atom stereocenters. The summed E-state index contributed by atoms with van der Waals surface area (Å²) in [6, 6.07) is 1.67. The second kappa shape index (κ2) is 5.79. The molecular weight excluding hydrogens is 196 g/mol. The summed E-state index contributed by atoms with van der Waals surface area (Å²) in [5.74, 6) is 0.783. The number of hydrogen-bond acceptors (Lipinski definition) is 5. The van der Waals surface area contributed by atoms with Gasteiger partial charge in [-0.1, -0.05) is 0 Å². The fourth-order valence-electron chi connectivity index (χ4n) is 0.977. The lowest BCUT2D eigenvalue weighted by molar-refractivity contribution is -0.117. The van der Waals surface area contributed by atoms with Gasteiger partial charge in [0.2, 0.25) is 11.8 Å². The van der Waals surface area contributed by atoms with Gasteiger partial charge < -0.3 is 15.8 Å². The van der Waals surface area contributed by atoms with E-state index in [4.69, 9.17) is 10.5 Å². The predicted octanol–water partition coefficient (Wildman–Crippen LogP) is 0.163. The van der Waals surface area contributed by atoms with E-state index in [9.17, 15) is 4.79 Å². The Labute approximate surface area is 87.9 Å². The van der Waals surface area contributed by atoms with Crippen LogP contribution in [0.5, 0.6) is 5.88 Å². The average molecular weight is 210 g/mol. The molecule has 0 aliphatic heterocycles. The molecule has 1 amide bonds. The monoisotopic (exact) mass is 210 g/mol. The van der Waals surface area contributed by atoms with Gasteiger partial charge in [0.25, 0.3) is 0 Å². The molecule has 1 rings (SSSR count). The SMILES string of the molecule is CCOc1cc(NCCC(N)=O)ncn1. The molecule has 15 heavy (non-hydrogen) atoms. The molecule has 0 radical (unpaired) electrons. The summed E-state index contributed by atoms with van der Waals surface area (Å²) < 4.78 is 5.19. The van der Waals surface area contributed by atoms with Crippen LogP contribution < -0.4 is 15.8 Å². The highest BCUT2D eigenvalue weighted by atomic mass is 16.5. The van der Waals surface area contributed by atoms with E-state index >= 15 is 0 Å². The lowest BCUT2D eigenvalue weighted by Crippen LogP contribution is -2.16. The van der Waals surface area contributed by atoms with Crippen LogP contribution in [0.4, 0.5) is 5.82 Å². The third kappa shape index (κ3) is 4.26. The third-order valence-corrected chi connectivity index (χ3v) is 1.61. The Morgan fingerprint density at radius 2 is 2.40 bits per heavy atom. The Kier molecular flexibility index (Phi) is 4.33. The molecular formula is C9H14N4O2. The fourth-order valence-corrected chi connectivity index (χ4v) is 0.977. The van der Waals surface area contributed by atoms with E-state index in [-0.39, 0.29) is 12.3 Å². The summed E-state index contributed by atoms with van der Waals surface area (Å²) >= 11 is 0. The number of ether oxygens (including phenoxy) is 1. The molecule has 82 valence electrons. The standard InChI is InChI=1S/C9H14N4O2/c1-2-15-9-5-8(12-6-13-9)11-4-3-7(10)14/h5-6H,2-4H2,1H3,(H2,10,14)(H,11,12,13). The number of nitrogens with one attached hydrogen (secondary N) is 1. The Hall–Kier alpha value is -1.85. The van der Waals surface area contributed by atoms with Crippen molar-refractivity contribution in [1.82, 2.24) is 9.97 Å². The summed E-state index contributed by atoms with van der Waals surface area (Å²) in [5, 5.41) is 2.94. The van der Waals surface area contributed by atoms with E-state index in [0.29, 0.717) is 24.8 Å². The molecule has 3 N–H and O–H groups in total. The minimum Gasteiger partial charge on any atom is -0.478 e. The predicted molar refractivity (Wildman–Crippen MR) is 55.5 cm³/mol. The van der Waals surface area contributed by atoms with Gasteiger partial charge in [0.1, 0.15) is 12.1 Å². The Morgan fingerprint density at radius 1 is 1.60 bits per heavy atom. The van der Waals surface area contributed by atoms with Crippen molar-refractivity contribution in [1.29, 1.82) is 0 Å².